The molecular formula is C17H24N4. The Kier molecular flexibility index (Phi) is 5.55. The van der Waals surface area contributed by atoms with Gasteiger partial charge in [0.15, 0.2) is 0 Å². The maximum atomic E-state index is 4.53. The lowest BCUT2D eigenvalue weighted by molar-refractivity contribution is 0.947. The molecule has 0 radical (unpaired) electrons. The minimum absolute atomic E-state index is 0.686. The highest BCUT2D eigenvalue weighted by Gasteiger charge is 2.03. The lowest BCUT2D eigenvalue weighted by atomic mass is 10.1. The number of rotatable bonds is 7. The van der Waals surface area contributed by atoms with E-state index in [0.29, 0.717) is 5.95 Å². The smallest absolute Gasteiger partial charge is 0.224 e. The van der Waals surface area contributed by atoms with E-state index in [1.54, 1.807) is 0 Å². The van der Waals surface area contributed by atoms with Crippen LogP contribution in [-0.4, -0.2) is 16.5 Å². The summed E-state index contributed by atoms with van der Waals surface area (Å²) in [5, 5.41) is 6.61. The molecule has 0 aliphatic rings. The van der Waals surface area contributed by atoms with E-state index in [0.717, 1.165) is 37.3 Å². The minimum Gasteiger partial charge on any atom is -0.366 e. The van der Waals surface area contributed by atoms with Crippen molar-refractivity contribution in [3.63, 3.8) is 0 Å². The SMILES string of the molecule is CCCNc1ncc(C)c(NCc2ccc(CC)cc2)n1. The van der Waals surface area contributed by atoms with Crippen LogP contribution < -0.4 is 10.6 Å². The minimum atomic E-state index is 0.686. The Bertz CT molecular complexity index is 564. The Hall–Kier alpha value is -2.10. The van der Waals surface area contributed by atoms with Crippen LogP contribution in [-0.2, 0) is 13.0 Å². The van der Waals surface area contributed by atoms with Gasteiger partial charge in [0.2, 0.25) is 5.95 Å². The molecule has 0 fully saturated rings. The highest BCUT2D eigenvalue weighted by molar-refractivity contribution is 5.46. The summed E-state index contributed by atoms with van der Waals surface area (Å²) in [6.07, 6.45) is 3.99. The van der Waals surface area contributed by atoms with Crippen LogP contribution in [0.4, 0.5) is 11.8 Å². The monoisotopic (exact) mass is 284 g/mol. The molecule has 0 saturated carbocycles. The third kappa shape index (κ3) is 4.45. The second kappa shape index (κ2) is 7.62. The molecular weight excluding hydrogens is 260 g/mol. The second-order valence-electron chi connectivity index (χ2n) is 5.18. The van der Waals surface area contributed by atoms with E-state index in [9.17, 15) is 0 Å². The molecule has 1 heterocycles. The topological polar surface area (TPSA) is 49.8 Å². The predicted octanol–water partition coefficient (Wildman–Crippen LogP) is 3.78. The average molecular weight is 284 g/mol. The highest BCUT2D eigenvalue weighted by atomic mass is 15.1. The summed E-state index contributed by atoms with van der Waals surface area (Å²) in [6, 6.07) is 8.69. The molecule has 4 heteroatoms. The van der Waals surface area contributed by atoms with Crippen molar-refractivity contribution in [2.45, 2.75) is 40.2 Å². The number of aromatic nitrogens is 2. The summed E-state index contributed by atoms with van der Waals surface area (Å²) < 4.78 is 0. The molecule has 0 unspecified atom stereocenters. The third-order valence-electron chi connectivity index (χ3n) is 3.40. The van der Waals surface area contributed by atoms with Gasteiger partial charge in [0, 0.05) is 24.8 Å². The van der Waals surface area contributed by atoms with Crippen LogP contribution in [0.2, 0.25) is 0 Å². The number of aryl methyl sites for hydroxylation is 2. The van der Waals surface area contributed by atoms with Crippen molar-refractivity contribution in [1.29, 1.82) is 0 Å². The quantitative estimate of drug-likeness (QED) is 0.812. The molecule has 0 aliphatic carbocycles. The van der Waals surface area contributed by atoms with Crippen LogP contribution in [0.5, 0.6) is 0 Å². The van der Waals surface area contributed by atoms with E-state index >= 15 is 0 Å². The molecule has 0 bridgehead atoms. The molecule has 0 amide bonds. The number of anilines is 2. The first-order chi connectivity index (χ1) is 10.2. The van der Waals surface area contributed by atoms with E-state index in [4.69, 9.17) is 0 Å². The van der Waals surface area contributed by atoms with E-state index in [2.05, 4.69) is 58.7 Å². The fourth-order valence-electron chi connectivity index (χ4n) is 2.02. The first-order valence-corrected chi connectivity index (χ1v) is 7.62. The molecule has 0 aliphatic heterocycles. The Morgan fingerprint density at radius 1 is 1.00 bits per heavy atom. The maximum absolute atomic E-state index is 4.53. The zero-order chi connectivity index (χ0) is 15.1. The normalized spacial score (nSPS) is 10.4. The molecule has 21 heavy (non-hydrogen) atoms. The van der Waals surface area contributed by atoms with Crippen molar-refractivity contribution in [2.24, 2.45) is 0 Å². The van der Waals surface area contributed by atoms with Crippen molar-refractivity contribution in [3.8, 4) is 0 Å². The molecule has 0 spiro atoms. The van der Waals surface area contributed by atoms with Crippen LogP contribution in [0.25, 0.3) is 0 Å². The van der Waals surface area contributed by atoms with E-state index < -0.39 is 0 Å². The Balaban J connectivity index is 2.00. The van der Waals surface area contributed by atoms with Crippen molar-refractivity contribution >= 4 is 11.8 Å². The first kappa shape index (κ1) is 15.3. The fraction of sp³-hybridized carbons (Fsp3) is 0.412. The summed E-state index contributed by atoms with van der Waals surface area (Å²) in [5.74, 6) is 1.58. The van der Waals surface area contributed by atoms with Crippen LogP contribution in [0.15, 0.2) is 30.5 Å². The van der Waals surface area contributed by atoms with Gasteiger partial charge in [-0.2, -0.15) is 4.98 Å². The van der Waals surface area contributed by atoms with Gasteiger partial charge >= 0.3 is 0 Å². The number of nitrogens with zero attached hydrogens (tertiary/aromatic N) is 2. The Morgan fingerprint density at radius 2 is 1.71 bits per heavy atom. The van der Waals surface area contributed by atoms with Gasteiger partial charge in [-0.15, -0.1) is 0 Å². The first-order valence-electron chi connectivity index (χ1n) is 7.62. The molecule has 2 rings (SSSR count). The zero-order valence-corrected chi connectivity index (χ0v) is 13.1. The third-order valence-corrected chi connectivity index (χ3v) is 3.40. The summed E-state index contributed by atoms with van der Waals surface area (Å²) >= 11 is 0. The number of hydrogen-bond donors (Lipinski definition) is 2. The molecule has 112 valence electrons. The van der Waals surface area contributed by atoms with E-state index in [1.165, 1.54) is 11.1 Å². The fourth-order valence-corrected chi connectivity index (χ4v) is 2.02. The molecule has 1 aromatic carbocycles. The van der Waals surface area contributed by atoms with E-state index in [1.807, 2.05) is 13.1 Å². The van der Waals surface area contributed by atoms with Gasteiger partial charge < -0.3 is 10.6 Å². The molecule has 0 atom stereocenters. The van der Waals surface area contributed by atoms with Gasteiger partial charge in [-0.25, -0.2) is 4.98 Å². The summed E-state index contributed by atoms with van der Waals surface area (Å²) in [6.45, 7) is 7.98. The van der Waals surface area contributed by atoms with Gasteiger partial charge in [-0.3, -0.25) is 0 Å². The van der Waals surface area contributed by atoms with Crippen LogP contribution in [0.3, 0.4) is 0 Å². The zero-order valence-electron chi connectivity index (χ0n) is 13.1. The molecule has 4 nitrogen and oxygen atoms in total. The molecule has 0 saturated heterocycles. The largest absolute Gasteiger partial charge is 0.366 e. The van der Waals surface area contributed by atoms with E-state index in [-0.39, 0.29) is 0 Å². The lowest BCUT2D eigenvalue weighted by Gasteiger charge is -2.11. The van der Waals surface area contributed by atoms with Crippen LogP contribution in [0.1, 0.15) is 37.0 Å². The Morgan fingerprint density at radius 3 is 2.38 bits per heavy atom. The summed E-state index contributed by atoms with van der Waals surface area (Å²) in [5.41, 5.74) is 3.68. The van der Waals surface area contributed by atoms with Crippen molar-refractivity contribution in [2.75, 3.05) is 17.2 Å². The average Bonchev–Trinajstić information content (AvgIpc) is 2.53. The number of benzene rings is 1. The van der Waals surface area contributed by atoms with Crippen molar-refractivity contribution in [1.82, 2.24) is 9.97 Å². The van der Waals surface area contributed by atoms with Gasteiger partial charge in [-0.1, -0.05) is 38.1 Å². The summed E-state index contributed by atoms with van der Waals surface area (Å²) in [7, 11) is 0. The second-order valence-corrected chi connectivity index (χ2v) is 5.18. The Labute approximate surface area is 127 Å². The van der Waals surface area contributed by atoms with Gasteiger partial charge in [-0.05, 0) is 30.9 Å². The molecule has 1 aromatic heterocycles. The maximum Gasteiger partial charge on any atom is 0.224 e. The van der Waals surface area contributed by atoms with Gasteiger partial charge in [0.25, 0.3) is 0 Å². The van der Waals surface area contributed by atoms with Gasteiger partial charge in [0.05, 0.1) is 0 Å². The number of hydrogen-bond acceptors (Lipinski definition) is 4. The van der Waals surface area contributed by atoms with Gasteiger partial charge in [0.1, 0.15) is 5.82 Å². The number of nitrogens with one attached hydrogen (secondary N) is 2. The van der Waals surface area contributed by atoms with Crippen LogP contribution in [0, 0.1) is 6.92 Å². The predicted molar refractivity (Wildman–Crippen MR) is 88.7 cm³/mol. The van der Waals surface area contributed by atoms with Crippen molar-refractivity contribution in [3.05, 3.63) is 47.2 Å². The van der Waals surface area contributed by atoms with Crippen LogP contribution >= 0.6 is 0 Å². The molecule has 2 aromatic rings. The molecule has 2 N–H and O–H groups in total. The lowest BCUT2D eigenvalue weighted by Crippen LogP contribution is -2.08. The standard InChI is InChI=1S/C17H24N4/c1-4-10-18-17-20-11-13(3)16(21-17)19-12-15-8-6-14(5-2)7-9-15/h6-9,11H,4-5,10,12H2,1-3H3,(H2,18,19,20,21). The van der Waals surface area contributed by atoms with Crippen molar-refractivity contribution < 1.29 is 0 Å². The highest BCUT2D eigenvalue weighted by Crippen LogP contribution is 2.14. The summed E-state index contributed by atoms with van der Waals surface area (Å²) in [4.78, 5) is 8.82.